The van der Waals surface area contributed by atoms with Gasteiger partial charge in [0.05, 0.1) is 12.1 Å². The first kappa shape index (κ1) is 19.4. The van der Waals surface area contributed by atoms with Crippen LogP contribution in [0.1, 0.15) is 37.3 Å². The van der Waals surface area contributed by atoms with Crippen molar-refractivity contribution in [3.8, 4) is 11.8 Å². The first-order valence-corrected chi connectivity index (χ1v) is 9.14. The Morgan fingerprint density at radius 1 is 1.33 bits per heavy atom. The Labute approximate surface area is 157 Å². The zero-order valence-electron chi connectivity index (χ0n) is 14.7. The quantitative estimate of drug-likeness (QED) is 0.778. The normalized spacial score (nSPS) is 14.7. The lowest BCUT2D eigenvalue weighted by Crippen LogP contribution is -2.42. The van der Waals surface area contributed by atoms with E-state index >= 15 is 0 Å². The molecule has 1 aliphatic carbocycles. The third-order valence-corrected chi connectivity index (χ3v) is 4.97. The van der Waals surface area contributed by atoms with Crippen molar-refractivity contribution in [2.45, 2.75) is 38.4 Å². The lowest BCUT2D eigenvalue weighted by molar-refractivity contribution is -0.139. The number of aromatic nitrogens is 2. The first-order chi connectivity index (χ1) is 12.6. The second-order valence-electron chi connectivity index (χ2n) is 6.73. The smallest absolute Gasteiger partial charge is 0.421 e. The van der Waals surface area contributed by atoms with Crippen molar-refractivity contribution in [1.82, 2.24) is 15.3 Å². The van der Waals surface area contributed by atoms with Gasteiger partial charge in [-0.3, -0.25) is 0 Å². The van der Waals surface area contributed by atoms with Crippen LogP contribution in [-0.2, 0) is 11.7 Å². The molecule has 146 valence electrons. The number of hydrogen-bond acceptors (Lipinski definition) is 6. The molecule has 2 heterocycles. The van der Waals surface area contributed by atoms with Crippen LogP contribution >= 0.6 is 11.3 Å². The van der Waals surface area contributed by atoms with Crippen molar-refractivity contribution in [3.05, 3.63) is 34.3 Å². The van der Waals surface area contributed by atoms with Gasteiger partial charge in [0.25, 0.3) is 0 Å². The van der Waals surface area contributed by atoms with Gasteiger partial charge in [-0.1, -0.05) is 0 Å². The minimum atomic E-state index is -4.61. The Bertz CT molecular complexity index is 805. The highest BCUT2D eigenvalue weighted by Gasteiger charge is 2.36. The average molecular weight is 401 g/mol. The maximum atomic E-state index is 13.1. The molecule has 2 aromatic rings. The molecule has 1 aliphatic rings. The van der Waals surface area contributed by atoms with E-state index in [1.54, 1.807) is 25.4 Å². The molecule has 0 saturated heterocycles. The zero-order valence-corrected chi connectivity index (χ0v) is 15.5. The predicted molar refractivity (Wildman–Crippen MR) is 91.8 cm³/mol. The van der Waals surface area contributed by atoms with Gasteiger partial charge in [-0.2, -0.15) is 18.2 Å². The average Bonchev–Trinajstić information content (AvgIpc) is 3.21. The van der Waals surface area contributed by atoms with Gasteiger partial charge in [-0.25, -0.2) is 9.78 Å². The van der Waals surface area contributed by atoms with Gasteiger partial charge in [0, 0.05) is 17.6 Å². The lowest BCUT2D eigenvalue weighted by Gasteiger charge is -2.23. The summed E-state index contributed by atoms with van der Waals surface area (Å²) in [6.07, 6.45) is -2.01. The van der Waals surface area contributed by atoms with E-state index in [0.717, 1.165) is 25.0 Å². The van der Waals surface area contributed by atoms with Gasteiger partial charge in [0.15, 0.2) is 0 Å². The van der Waals surface area contributed by atoms with E-state index in [-0.39, 0.29) is 18.4 Å². The maximum Gasteiger partial charge on any atom is 0.421 e. The Hall–Kier alpha value is -2.36. The van der Waals surface area contributed by atoms with Crippen LogP contribution in [0.3, 0.4) is 0 Å². The maximum absolute atomic E-state index is 13.1. The fourth-order valence-corrected chi connectivity index (χ4v) is 2.97. The molecule has 0 unspecified atom stereocenters. The lowest BCUT2D eigenvalue weighted by atomic mass is 10.1. The number of pyridine rings is 1. The minimum absolute atomic E-state index is 0.156. The molecule has 1 N–H and O–H groups in total. The fraction of sp³-hybridized carbons (Fsp3) is 0.471. The van der Waals surface area contributed by atoms with Crippen molar-refractivity contribution in [1.29, 1.82) is 0 Å². The van der Waals surface area contributed by atoms with Crippen LogP contribution in [-0.4, -0.2) is 22.7 Å². The standard InChI is InChI=1S/C17H18F3N3O3S/c1-16(2,14-21-7-8-27-14)23-15(24)26-12-6-5-11(17(18,19)20)13(22-12)25-9-10-3-4-10/h5-8,10H,3-4,9H2,1-2H3,(H,23,24). The number of carbonyl (C=O) groups excluding carboxylic acids is 1. The number of ether oxygens (including phenoxy) is 2. The minimum Gasteiger partial charge on any atom is -0.477 e. The molecule has 0 radical (unpaired) electrons. The van der Waals surface area contributed by atoms with Gasteiger partial charge >= 0.3 is 12.3 Å². The first-order valence-electron chi connectivity index (χ1n) is 8.26. The number of alkyl halides is 3. The van der Waals surface area contributed by atoms with Crippen LogP contribution in [0.25, 0.3) is 0 Å². The molecule has 2 aromatic heterocycles. The highest BCUT2D eigenvalue weighted by Crippen LogP contribution is 2.37. The summed E-state index contributed by atoms with van der Waals surface area (Å²) in [5, 5.41) is 5.04. The summed E-state index contributed by atoms with van der Waals surface area (Å²) in [5.41, 5.74) is -1.80. The van der Waals surface area contributed by atoms with E-state index in [1.165, 1.54) is 11.3 Å². The number of nitrogens with one attached hydrogen (secondary N) is 1. The molecule has 0 spiro atoms. The molecule has 1 fully saturated rings. The molecule has 0 aliphatic heterocycles. The van der Waals surface area contributed by atoms with Gasteiger partial charge in [-0.05, 0) is 38.7 Å². The molecule has 0 aromatic carbocycles. The summed E-state index contributed by atoms with van der Waals surface area (Å²) < 4.78 is 49.6. The highest BCUT2D eigenvalue weighted by atomic mass is 32.1. The van der Waals surface area contributed by atoms with Crippen LogP contribution in [0.4, 0.5) is 18.0 Å². The van der Waals surface area contributed by atoms with Crippen molar-refractivity contribution in [2.75, 3.05) is 6.61 Å². The highest BCUT2D eigenvalue weighted by molar-refractivity contribution is 7.09. The molecular formula is C17H18F3N3O3S. The number of carbonyl (C=O) groups is 1. The molecule has 1 amide bonds. The van der Waals surface area contributed by atoms with Crippen LogP contribution < -0.4 is 14.8 Å². The topological polar surface area (TPSA) is 73.3 Å². The summed E-state index contributed by atoms with van der Waals surface area (Å²) in [6.45, 7) is 3.62. The van der Waals surface area contributed by atoms with Gasteiger partial charge in [-0.15, -0.1) is 11.3 Å². The second kappa shape index (κ2) is 7.34. The second-order valence-corrected chi connectivity index (χ2v) is 7.63. The number of nitrogens with zero attached hydrogens (tertiary/aromatic N) is 2. The number of rotatable bonds is 6. The van der Waals surface area contributed by atoms with Crippen molar-refractivity contribution < 1.29 is 27.4 Å². The van der Waals surface area contributed by atoms with Gasteiger partial charge < -0.3 is 14.8 Å². The van der Waals surface area contributed by atoms with Crippen LogP contribution in [0.2, 0.25) is 0 Å². The Morgan fingerprint density at radius 3 is 2.67 bits per heavy atom. The SMILES string of the molecule is CC(C)(NC(=O)Oc1ccc(C(F)(F)F)c(OCC2CC2)n1)c1nccs1. The Balaban J connectivity index is 1.71. The molecule has 27 heavy (non-hydrogen) atoms. The Morgan fingerprint density at radius 2 is 2.07 bits per heavy atom. The number of halogens is 3. The van der Waals surface area contributed by atoms with Crippen LogP contribution in [0, 0.1) is 5.92 Å². The Kier molecular flexibility index (Phi) is 5.27. The monoisotopic (exact) mass is 401 g/mol. The molecule has 10 heteroatoms. The van der Waals surface area contributed by atoms with Crippen LogP contribution in [0.15, 0.2) is 23.7 Å². The molecule has 6 nitrogen and oxygen atoms in total. The molecular weight excluding hydrogens is 383 g/mol. The summed E-state index contributed by atoms with van der Waals surface area (Å²) >= 11 is 1.36. The van der Waals surface area contributed by atoms with E-state index in [0.29, 0.717) is 5.01 Å². The zero-order chi connectivity index (χ0) is 19.7. The largest absolute Gasteiger partial charge is 0.477 e. The third-order valence-electron chi connectivity index (χ3n) is 3.87. The van der Waals surface area contributed by atoms with E-state index in [9.17, 15) is 18.0 Å². The van der Waals surface area contributed by atoms with Crippen LogP contribution in [0.5, 0.6) is 11.8 Å². The number of thiazole rings is 1. The van der Waals surface area contributed by atoms with E-state index < -0.39 is 29.3 Å². The van der Waals surface area contributed by atoms with E-state index in [2.05, 4.69) is 15.3 Å². The van der Waals surface area contributed by atoms with Gasteiger partial charge in [0.1, 0.15) is 10.6 Å². The number of amides is 1. The molecule has 1 saturated carbocycles. The van der Waals surface area contributed by atoms with E-state index in [1.807, 2.05) is 0 Å². The van der Waals surface area contributed by atoms with E-state index in [4.69, 9.17) is 9.47 Å². The van der Waals surface area contributed by atoms with Crippen molar-refractivity contribution in [3.63, 3.8) is 0 Å². The summed E-state index contributed by atoms with van der Waals surface area (Å²) in [5.74, 6) is -0.611. The molecule has 3 rings (SSSR count). The predicted octanol–water partition coefficient (Wildman–Crippen LogP) is 4.37. The summed E-state index contributed by atoms with van der Waals surface area (Å²) in [6, 6.07) is 1.78. The molecule has 0 bridgehead atoms. The fourth-order valence-electron chi connectivity index (χ4n) is 2.25. The molecule has 0 atom stereocenters. The van der Waals surface area contributed by atoms with Crippen molar-refractivity contribution in [2.24, 2.45) is 5.92 Å². The van der Waals surface area contributed by atoms with Gasteiger partial charge in [0.2, 0.25) is 11.8 Å². The van der Waals surface area contributed by atoms with Crippen molar-refractivity contribution >= 4 is 17.4 Å². The number of hydrogen-bond donors (Lipinski definition) is 1. The third kappa shape index (κ3) is 5.09. The summed E-state index contributed by atoms with van der Waals surface area (Å²) in [7, 11) is 0. The summed E-state index contributed by atoms with van der Waals surface area (Å²) in [4.78, 5) is 20.0.